The molecule has 29 heavy (non-hydrogen) atoms. The summed E-state index contributed by atoms with van der Waals surface area (Å²) in [4.78, 5) is 28.6. The Morgan fingerprint density at radius 2 is 1.62 bits per heavy atom. The van der Waals surface area contributed by atoms with E-state index in [-0.39, 0.29) is 17.7 Å². The van der Waals surface area contributed by atoms with Gasteiger partial charge >= 0.3 is 6.03 Å². The Hall–Kier alpha value is -3.22. The molecule has 3 N–H and O–H groups in total. The highest BCUT2D eigenvalue weighted by molar-refractivity contribution is 6.04. The lowest BCUT2D eigenvalue weighted by Crippen LogP contribution is -2.52. The Balaban J connectivity index is 1.51. The first kappa shape index (κ1) is 20.5. The first-order chi connectivity index (χ1) is 14.1. The molecule has 2 aromatic carbocycles. The van der Waals surface area contributed by atoms with E-state index in [1.807, 2.05) is 17.0 Å². The summed E-state index contributed by atoms with van der Waals surface area (Å²) in [6, 6.07) is 13.8. The first-order valence-electron chi connectivity index (χ1n) is 10.0. The second kappa shape index (κ2) is 9.82. The highest BCUT2D eigenvalue weighted by atomic mass is 16.3. The summed E-state index contributed by atoms with van der Waals surface area (Å²) in [7, 11) is 0. The smallest absolute Gasteiger partial charge is 0.317 e. The van der Waals surface area contributed by atoms with Gasteiger partial charge in [0.15, 0.2) is 0 Å². The van der Waals surface area contributed by atoms with Crippen LogP contribution in [0.3, 0.4) is 0 Å². The standard InChI is InChI=1S/C22H28N4O3/c1-2-3-12-23-22(29)26-15-13-25(14-16-26)19-8-4-17(5-9-19)21(28)24-18-6-10-20(27)11-7-18/h4-11,27H,2-3,12-16H2,1H3,(H,23,29)(H,24,28). The number of amides is 3. The first-order valence-corrected chi connectivity index (χ1v) is 10.0. The molecule has 7 nitrogen and oxygen atoms in total. The molecule has 1 aliphatic rings. The van der Waals surface area contributed by atoms with E-state index in [0.717, 1.165) is 38.2 Å². The highest BCUT2D eigenvalue weighted by Crippen LogP contribution is 2.19. The summed E-state index contributed by atoms with van der Waals surface area (Å²) in [6.45, 7) is 5.72. The number of benzene rings is 2. The molecule has 0 spiro atoms. The monoisotopic (exact) mass is 396 g/mol. The van der Waals surface area contributed by atoms with Crippen LogP contribution in [0.25, 0.3) is 0 Å². The average Bonchev–Trinajstić information content (AvgIpc) is 2.75. The van der Waals surface area contributed by atoms with E-state index in [2.05, 4.69) is 22.5 Å². The fourth-order valence-electron chi connectivity index (χ4n) is 3.22. The van der Waals surface area contributed by atoms with Crippen LogP contribution in [-0.2, 0) is 0 Å². The number of anilines is 2. The predicted molar refractivity (Wildman–Crippen MR) is 115 cm³/mol. The lowest BCUT2D eigenvalue weighted by molar-refractivity contribution is 0.102. The van der Waals surface area contributed by atoms with Crippen molar-refractivity contribution >= 4 is 23.3 Å². The minimum atomic E-state index is -0.198. The average molecular weight is 396 g/mol. The summed E-state index contributed by atoms with van der Waals surface area (Å²) < 4.78 is 0. The molecule has 3 rings (SSSR count). The maximum atomic E-state index is 12.4. The van der Waals surface area contributed by atoms with Gasteiger partial charge in [-0.15, -0.1) is 0 Å². The molecule has 0 unspecified atom stereocenters. The van der Waals surface area contributed by atoms with E-state index in [1.54, 1.807) is 24.3 Å². The van der Waals surface area contributed by atoms with Gasteiger partial charge in [-0.2, -0.15) is 0 Å². The number of unbranched alkanes of at least 4 members (excludes halogenated alkanes) is 1. The van der Waals surface area contributed by atoms with Crippen LogP contribution in [0.1, 0.15) is 30.1 Å². The number of hydrogen-bond donors (Lipinski definition) is 3. The number of carbonyl (C=O) groups excluding carboxylic acids is 2. The van der Waals surface area contributed by atoms with Crippen LogP contribution in [0.4, 0.5) is 16.2 Å². The zero-order valence-corrected chi connectivity index (χ0v) is 16.7. The van der Waals surface area contributed by atoms with E-state index in [1.165, 1.54) is 12.1 Å². The third-order valence-electron chi connectivity index (χ3n) is 4.99. The maximum Gasteiger partial charge on any atom is 0.317 e. The number of carbonyl (C=O) groups is 2. The summed E-state index contributed by atoms with van der Waals surface area (Å²) >= 11 is 0. The van der Waals surface area contributed by atoms with Gasteiger partial charge < -0.3 is 25.5 Å². The van der Waals surface area contributed by atoms with Crippen molar-refractivity contribution in [3.63, 3.8) is 0 Å². The molecule has 0 saturated carbocycles. The van der Waals surface area contributed by atoms with Gasteiger partial charge in [0.25, 0.3) is 5.91 Å². The number of rotatable bonds is 6. The molecular weight excluding hydrogens is 368 g/mol. The molecule has 2 aromatic rings. The summed E-state index contributed by atoms with van der Waals surface area (Å²) in [5.41, 5.74) is 2.23. The van der Waals surface area contributed by atoms with Crippen molar-refractivity contribution in [1.82, 2.24) is 10.2 Å². The number of nitrogens with zero attached hydrogens (tertiary/aromatic N) is 2. The Kier molecular flexibility index (Phi) is 6.94. The van der Waals surface area contributed by atoms with E-state index in [0.29, 0.717) is 24.3 Å². The molecule has 1 fully saturated rings. The van der Waals surface area contributed by atoms with Crippen molar-refractivity contribution in [2.24, 2.45) is 0 Å². The van der Waals surface area contributed by atoms with E-state index < -0.39 is 0 Å². The van der Waals surface area contributed by atoms with Crippen molar-refractivity contribution in [3.05, 3.63) is 54.1 Å². The second-order valence-electron chi connectivity index (χ2n) is 7.11. The van der Waals surface area contributed by atoms with Crippen molar-refractivity contribution in [2.45, 2.75) is 19.8 Å². The molecule has 3 amide bonds. The molecule has 0 atom stereocenters. The van der Waals surface area contributed by atoms with Gasteiger partial charge in [0.05, 0.1) is 0 Å². The lowest BCUT2D eigenvalue weighted by Gasteiger charge is -2.36. The number of aromatic hydroxyl groups is 1. The third kappa shape index (κ3) is 5.63. The van der Waals surface area contributed by atoms with E-state index >= 15 is 0 Å². The fraction of sp³-hybridized carbons (Fsp3) is 0.364. The van der Waals surface area contributed by atoms with Gasteiger partial charge in [-0.3, -0.25) is 4.79 Å². The minimum Gasteiger partial charge on any atom is -0.508 e. The van der Waals surface area contributed by atoms with Crippen molar-refractivity contribution in [2.75, 3.05) is 42.9 Å². The van der Waals surface area contributed by atoms with Crippen LogP contribution in [0, 0.1) is 0 Å². The largest absolute Gasteiger partial charge is 0.508 e. The quantitative estimate of drug-likeness (QED) is 0.517. The molecular formula is C22H28N4O3. The zero-order chi connectivity index (χ0) is 20.6. The SMILES string of the molecule is CCCCNC(=O)N1CCN(c2ccc(C(=O)Nc3ccc(O)cc3)cc2)CC1. The predicted octanol–water partition coefficient (Wildman–Crippen LogP) is 3.28. The van der Waals surface area contributed by atoms with Crippen LogP contribution in [-0.4, -0.2) is 54.7 Å². The van der Waals surface area contributed by atoms with Crippen LogP contribution in [0.5, 0.6) is 5.75 Å². The normalized spacial score (nSPS) is 13.8. The minimum absolute atomic E-state index is 0.0133. The maximum absolute atomic E-state index is 12.4. The molecule has 1 saturated heterocycles. The van der Waals surface area contributed by atoms with Crippen molar-refractivity contribution in [1.29, 1.82) is 0 Å². The van der Waals surface area contributed by atoms with Gasteiger partial charge in [-0.05, 0) is 55.0 Å². The van der Waals surface area contributed by atoms with Gasteiger partial charge in [-0.25, -0.2) is 4.79 Å². The van der Waals surface area contributed by atoms with E-state index in [9.17, 15) is 14.7 Å². The molecule has 7 heteroatoms. The molecule has 0 aromatic heterocycles. The second-order valence-corrected chi connectivity index (χ2v) is 7.11. The molecule has 154 valence electrons. The van der Waals surface area contributed by atoms with Crippen LogP contribution in [0.2, 0.25) is 0 Å². The van der Waals surface area contributed by atoms with Crippen molar-refractivity contribution in [3.8, 4) is 5.75 Å². The van der Waals surface area contributed by atoms with Crippen LogP contribution >= 0.6 is 0 Å². The molecule has 0 radical (unpaired) electrons. The van der Waals surface area contributed by atoms with E-state index in [4.69, 9.17) is 0 Å². The number of piperazine rings is 1. The van der Waals surface area contributed by atoms with Gasteiger partial charge in [0.1, 0.15) is 5.75 Å². The van der Waals surface area contributed by atoms with Crippen LogP contribution < -0.4 is 15.5 Å². The molecule has 1 heterocycles. The Bertz CT molecular complexity index is 813. The number of nitrogens with one attached hydrogen (secondary N) is 2. The molecule has 1 aliphatic heterocycles. The summed E-state index contributed by atoms with van der Waals surface area (Å²) in [6.07, 6.45) is 2.06. The van der Waals surface area contributed by atoms with Gasteiger partial charge in [0.2, 0.25) is 0 Å². The zero-order valence-electron chi connectivity index (χ0n) is 16.7. The summed E-state index contributed by atoms with van der Waals surface area (Å²) in [5.74, 6) is -0.0401. The molecule has 0 aliphatic carbocycles. The van der Waals surface area contributed by atoms with Crippen LogP contribution in [0.15, 0.2) is 48.5 Å². The van der Waals surface area contributed by atoms with Gasteiger partial charge in [-0.1, -0.05) is 13.3 Å². The highest BCUT2D eigenvalue weighted by Gasteiger charge is 2.21. The van der Waals surface area contributed by atoms with Gasteiger partial charge in [0, 0.05) is 49.7 Å². The Morgan fingerprint density at radius 3 is 2.24 bits per heavy atom. The van der Waals surface area contributed by atoms with Crippen molar-refractivity contribution < 1.29 is 14.7 Å². The Labute approximate surface area is 171 Å². The lowest BCUT2D eigenvalue weighted by atomic mass is 10.1. The Morgan fingerprint density at radius 1 is 0.966 bits per heavy atom. The summed E-state index contributed by atoms with van der Waals surface area (Å²) in [5, 5.41) is 15.1. The molecule has 0 bridgehead atoms. The third-order valence-corrected chi connectivity index (χ3v) is 4.99. The number of phenolic OH excluding ortho intramolecular Hbond substituents is 1. The fourth-order valence-corrected chi connectivity index (χ4v) is 3.22. The number of urea groups is 1. The number of phenols is 1. The number of hydrogen-bond acceptors (Lipinski definition) is 4. The topological polar surface area (TPSA) is 84.9 Å².